The summed E-state index contributed by atoms with van der Waals surface area (Å²) in [4.78, 5) is 11.1. The van der Waals surface area contributed by atoms with Crippen LogP contribution in [0.15, 0.2) is 24.4 Å². The van der Waals surface area contributed by atoms with Gasteiger partial charge in [0.05, 0.1) is 0 Å². The summed E-state index contributed by atoms with van der Waals surface area (Å²) in [5, 5.41) is 7.80. The van der Waals surface area contributed by atoms with E-state index in [0.717, 1.165) is 43.6 Å². The molecule has 6 nitrogen and oxygen atoms in total. The molecule has 1 aliphatic rings. The first-order chi connectivity index (χ1) is 8.84. The molecule has 3 rings (SSSR count). The van der Waals surface area contributed by atoms with Crippen molar-refractivity contribution in [1.82, 2.24) is 25.1 Å². The Bertz CT molecular complexity index is 515. The first-order valence-electron chi connectivity index (χ1n) is 6.13. The number of pyridine rings is 1. The number of aryl methyl sites for hydroxylation is 1. The van der Waals surface area contributed by atoms with Gasteiger partial charge in [0.25, 0.3) is 0 Å². The second-order valence-corrected chi connectivity index (χ2v) is 4.31. The fourth-order valence-electron chi connectivity index (χ4n) is 2.09. The average Bonchev–Trinajstić information content (AvgIpc) is 2.83. The molecule has 1 saturated heterocycles. The molecule has 2 aromatic heterocycles. The van der Waals surface area contributed by atoms with Crippen LogP contribution in [0.1, 0.15) is 0 Å². The number of aromatic nitrogens is 4. The van der Waals surface area contributed by atoms with E-state index in [1.54, 1.807) is 10.9 Å². The first kappa shape index (κ1) is 11.2. The molecule has 0 unspecified atom stereocenters. The van der Waals surface area contributed by atoms with Crippen LogP contribution in [0.3, 0.4) is 0 Å². The van der Waals surface area contributed by atoms with Crippen molar-refractivity contribution < 1.29 is 0 Å². The van der Waals surface area contributed by atoms with Crippen molar-refractivity contribution in [3.05, 3.63) is 24.4 Å². The van der Waals surface area contributed by atoms with Gasteiger partial charge in [0.1, 0.15) is 5.69 Å². The molecule has 0 aliphatic carbocycles. The summed E-state index contributed by atoms with van der Waals surface area (Å²) in [5.41, 5.74) is 0.855. The molecule has 2 aromatic rings. The zero-order chi connectivity index (χ0) is 12.4. The van der Waals surface area contributed by atoms with Crippen molar-refractivity contribution in [1.29, 1.82) is 0 Å². The number of anilines is 1. The van der Waals surface area contributed by atoms with Gasteiger partial charge in [-0.1, -0.05) is 6.07 Å². The Morgan fingerprint density at radius 3 is 2.78 bits per heavy atom. The summed E-state index contributed by atoms with van der Waals surface area (Å²) in [7, 11) is 1.91. The van der Waals surface area contributed by atoms with Crippen molar-refractivity contribution in [2.45, 2.75) is 0 Å². The second kappa shape index (κ2) is 4.73. The van der Waals surface area contributed by atoms with Crippen LogP contribution in [-0.2, 0) is 7.05 Å². The monoisotopic (exact) mass is 244 g/mol. The molecule has 1 aliphatic heterocycles. The Hall–Kier alpha value is -1.95. The Morgan fingerprint density at radius 1 is 1.22 bits per heavy atom. The standard InChI is InChI=1S/C12H16N6/c1-17-11(10-4-2-3-5-14-10)15-12(16-17)18-8-6-13-7-9-18/h2-5,13H,6-9H2,1H3. The summed E-state index contributed by atoms with van der Waals surface area (Å²) in [5.74, 6) is 1.60. The molecule has 0 spiro atoms. The van der Waals surface area contributed by atoms with Gasteiger partial charge in [-0.3, -0.25) is 4.98 Å². The van der Waals surface area contributed by atoms with Gasteiger partial charge in [0, 0.05) is 39.4 Å². The molecule has 0 amide bonds. The van der Waals surface area contributed by atoms with E-state index in [9.17, 15) is 0 Å². The van der Waals surface area contributed by atoms with E-state index in [2.05, 4.69) is 25.3 Å². The second-order valence-electron chi connectivity index (χ2n) is 4.31. The molecule has 3 heterocycles. The molecule has 0 atom stereocenters. The van der Waals surface area contributed by atoms with E-state index in [-0.39, 0.29) is 0 Å². The van der Waals surface area contributed by atoms with E-state index >= 15 is 0 Å². The summed E-state index contributed by atoms with van der Waals surface area (Å²) in [6.45, 7) is 3.87. The smallest absolute Gasteiger partial charge is 0.245 e. The van der Waals surface area contributed by atoms with Gasteiger partial charge < -0.3 is 10.2 Å². The van der Waals surface area contributed by atoms with Crippen molar-refractivity contribution >= 4 is 5.95 Å². The molecular weight excluding hydrogens is 228 g/mol. The Balaban J connectivity index is 1.91. The van der Waals surface area contributed by atoms with Crippen LogP contribution >= 0.6 is 0 Å². The van der Waals surface area contributed by atoms with Gasteiger partial charge in [-0.15, -0.1) is 5.10 Å². The minimum atomic E-state index is 0.791. The third-order valence-electron chi connectivity index (χ3n) is 3.05. The van der Waals surface area contributed by atoms with Gasteiger partial charge in [-0.2, -0.15) is 4.98 Å². The predicted molar refractivity (Wildman–Crippen MR) is 69.3 cm³/mol. The van der Waals surface area contributed by atoms with Crippen molar-refractivity contribution in [2.75, 3.05) is 31.1 Å². The largest absolute Gasteiger partial charge is 0.337 e. The van der Waals surface area contributed by atoms with Crippen LogP contribution in [0, 0.1) is 0 Å². The first-order valence-corrected chi connectivity index (χ1v) is 6.13. The lowest BCUT2D eigenvalue weighted by Crippen LogP contribution is -2.44. The zero-order valence-electron chi connectivity index (χ0n) is 10.4. The molecule has 0 aromatic carbocycles. The molecule has 1 N–H and O–H groups in total. The SMILES string of the molecule is Cn1nc(N2CCNCC2)nc1-c1ccccn1. The van der Waals surface area contributed by atoms with E-state index < -0.39 is 0 Å². The number of rotatable bonds is 2. The fourth-order valence-corrected chi connectivity index (χ4v) is 2.09. The summed E-state index contributed by atoms with van der Waals surface area (Å²) in [6.07, 6.45) is 1.77. The fraction of sp³-hybridized carbons (Fsp3) is 0.417. The van der Waals surface area contributed by atoms with E-state index in [4.69, 9.17) is 0 Å². The highest BCUT2D eigenvalue weighted by Crippen LogP contribution is 2.17. The highest BCUT2D eigenvalue weighted by molar-refractivity contribution is 5.51. The average molecular weight is 244 g/mol. The predicted octanol–water partition coefficient (Wildman–Crippen LogP) is 0.287. The normalized spacial score (nSPS) is 15.9. The van der Waals surface area contributed by atoms with Crippen LogP contribution in [0.5, 0.6) is 0 Å². The lowest BCUT2D eigenvalue weighted by molar-refractivity contribution is 0.578. The summed E-state index contributed by atoms with van der Waals surface area (Å²) < 4.78 is 1.79. The molecule has 18 heavy (non-hydrogen) atoms. The van der Waals surface area contributed by atoms with Crippen LogP contribution < -0.4 is 10.2 Å². The summed E-state index contributed by atoms with van der Waals surface area (Å²) in [6, 6.07) is 5.81. The van der Waals surface area contributed by atoms with E-state index in [0.29, 0.717) is 0 Å². The minimum absolute atomic E-state index is 0.791. The topological polar surface area (TPSA) is 58.9 Å². The molecule has 0 radical (unpaired) electrons. The molecule has 94 valence electrons. The lowest BCUT2D eigenvalue weighted by atomic mass is 10.3. The van der Waals surface area contributed by atoms with Crippen LogP contribution in [0.2, 0.25) is 0 Å². The van der Waals surface area contributed by atoms with Gasteiger partial charge in [0.2, 0.25) is 5.95 Å². The molecular formula is C12H16N6. The molecule has 0 bridgehead atoms. The maximum atomic E-state index is 4.59. The van der Waals surface area contributed by atoms with Gasteiger partial charge in [-0.05, 0) is 12.1 Å². The maximum absolute atomic E-state index is 4.59. The van der Waals surface area contributed by atoms with Crippen molar-refractivity contribution in [3.63, 3.8) is 0 Å². The van der Waals surface area contributed by atoms with Gasteiger partial charge in [-0.25, -0.2) is 4.68 Å². The third-order valence-corrected chi connectivity index (χ3v) is 3.05. The van der Waals surface area contributed by atoms with Crippen LogP contribution in [0.4, 0.5) is 5.95 Å². The Labute approximate surface area is 106 Å². The minimum Gasteiger partial charge on any atom is -0.337 e. The molecule has 0 saturated carbocycles. The molecule has 1 fully saturated rings. The Morgan fingerprint density at radius 2 is 2.06 bits per heavy atom. The number of nitrogens with one attached hydrogen (secondary N) is 1. The number of nitrogens with zero attached hydrogens (tertiary/aromatic N) is 5. The maximum Gasteiger partial charge on any atom is 0.245 e. The highest BCUT2D eigenvalue weighted by Gasteiger charge is 2.17. The van der Waals surface area contributed by atoms with Gasteiger partial charge in [0.15, 0.2) is 5.82 Å². The van der Waals surface area contributed by atoms with Crippen molar-refractivity contribution in [2.24, 2.45) is 7.05 Å². The van der Waals surface area contributed by atoms with E-state index in [1.807, 2.05) is 25.2 Å². The number of hydrogen-bond acceptors (Lipinski definition) is 5. The number of piperazine rings is 1. The third kappa shape index (κ3) is 2.06. The van der Waals surface area contributed by atoms with Crippen LogP contribution in [-0.4, -0.2) is 45.9 Å². The quantitative estimate of drug-likeness (QED) is 0.822. The zero-order valence-corrected chi connectivity index (χ0v) is 10.4. The lowest BCUT2D eigenvalue weighted by Gasteiger charge is -2.25. The molecule has 6 heteroatoms. The van der Waals surface area contributed by atoms with Crippen LogP contribution in [0.25, 0.3) is 11.5 Å². The highest BCUT2D eigenvalue weighted by atomic mass is 15.4. The van der Waals surface area contributed by atoms with Crippen molar-refractivity contribution in [3.8, 4) is 11.5 Å². The van der Waals surface area contributed by atoms with Gasteiger partial charge >= 0.3 is 0 Å². The Kier molecular flexibility index (Phi) is 2.93. The van der Waals surface area contributed by atoms with E-state index in [1.165, 1.54) is 0 Å². The summed E-state index contributed by atoms with van der Waals surface area (Å²) >= 11 is 0. The number of hydrogen-bond donors (Lipinski definition) is 1.